The van der Waals surface area contributed by atoms with Crippen LogP contribution in [0.25, 0.3) is 10.9 Å². The number of anilines is 1. The number of H-pyrrole nitrogens is 1. The highest BCUT2D eigenvalue weighted by atomic mass is 16.5. The Morgan fingerprint density at radius 1 is 1.30 bits per heavy atom. The number of nitrogens with one attached hydrogen (secondary N) is 2. The maximum Gasteiger partial charge on any atom is 0.270 e. The highest BCUT2D eigenvalue weighted by Crippen LogP contribution is 2.15. The molecule has 3 rings (SSSR count). The van der Waals surface area contributed by atoms with Gasteiger partial charge in [0.2, 0.25) is 5.91 Å². The molecule has 7 nitrogen and oxygen atoms in total. The van der Waals surface area contributed by atoms with Gasteiger partial charge in [0.15, 0.2) is 5.82 Å². The molecule has 0 spiro atoms. The van der Waals surface area contributed by atoms with Crippen LogP contribution in [0.3, 0.4) is 0 Å². The van der Waals surface area contributed by atoms with E-state index in [-0.39, 0.29) is 18.4 Å². The second-order valence-electron chi connectivity index (χ2n) is 5.30. The number of rotatable bonds is 4. The first kappa shape index (κ1) is 14.8. The molecule has 2 heterocycles. The number of aromatic nitrogens is 2. The van der Waals surface area contributed by atoms with Gasteiger partial charge in [-0.05, 0) is 19.1 Å². The summed E-state index contributed by atoms with van der Waals surface area (Å²) in [5, 5.41) is 7.21. The third-order valence-corrected chi connectivity index (χ3v) is 3.38. The molecule has 2 N–H and O–H groups in total. The van der Waals surface area contributed by atoms with Crippen LogP contribution in [0, 0.1) is 6.92 Å². The fourth-order valence-electron chi connectivity index (χ4n) is 2.29. The fraction of sp³-hybridized carbons (Fsp3) is 0.188. The molecule has 2 aromatic heterocycles. The summed E-state index contributed by atoms with van der Waals surface area (Å²) in [5.41, 5.74) is 1.32. The Balaban J connectivity index is 1.66. The van der Waals surface area contributed by atoms with Crippen molar-refractivity contribution in [1.29, 1.82) is 0 Å². The number of aromatic amines is 1. The van der Waals surface area contributed by atoms with Gasteiger partial charge in [-0.1, -0.05) is 23.4 Å². The third kappa shape index (κ3) is 3.23. The summed E-state index contributed by atoms with van der Waals surface area (Å²) in [6, 6.07) is 11.0. The number of hydrogen-bond donors (Lipinski definition) is 2. The van der Waals surface area contributed by atoms with Crippen LogP contribution in [0.4, 0.5) is 5.82 Å². The summed E-state index contributed by atoms with van der Waals surface area (Å²) in [7, 11) is 1.57. The monoisotopic (exact) mass is 312 g/mol. The molecule has 0 unspecified atom stereocenters. The molecule has 0 saturated carbocycles. The van der Waals surface area contributed by atoms with Crippen molar-refractivity contribution in [2.75, 3.05) is 18.9 Å². The van der Waals surface area contributed by atoms with E-state index in [1.807, 2.05) is 24.3 Å². The lowest BCUT2D eigenvalue weighted by atomic mass is 10.2. The predicted octanol–water partition coefficient (Wildman–Crippen LogP) is 2.18. The highest BCUT2D eigenvalue weighted by Gasteiger charge is 2.17. The smallest absolute Gasteiger partial charge is 0.270 e. The summed E-state index contributed by atoms with van der Waals surface area (Å²) in [5.74, 6) is 0.333. The molecule has 0 aliphatic rings. The lowest BCUT2D eigenvalue weighted by Gasteiger charge is -2.15. The summed E-state index contributed by atoms with van der Waals surface area (Å²) in [4.78, 5) is 28.7. The van der Waals surface area contributed by atoms with E-state index in [0.717, 1.165) is 10.9 Å². The van der Waals surface area contributed by atoms with E-state index in [1.165, 1.54) is 4.90 Å². The van der Waals surface area contributed by atoms with Crippen molar-refractivity contribution in [3.63, 3.8) is 0 Å². The molecule has 0 radical (unpaired) electrons. The second-order valence-corrected chi connectivity index (χ2v) is 5.30. The molecule has 1 aromatic carbocycles. The first-order valence-electron chi connectivity index (χ1n) is 7.09. The predicted molar refractivity (Wildman–Crippen MR) is 85.1 cm³/mol. The van der Waals surface area contributed by atoms with E-state index in [4.69, 9.17) is 4.52 Å². The third-order valence-electron chi connectivity index (χ3n) is 3.38. The summed E-state index contributed by atoms with van der Waals surface area (Å²) < 4.78 is 4.87. The molecular formula is C16H16N4O3. The number of amides is 2. The number of likely N-dealkylation sites (N-methyl/N-ethyl adjacent to an activating group) is 1. The van der Waals surface area contributed by atoms with E-state index in [9.17, 15) is 9.59 Å². The van der Waals surface area contributed by atoms with E-state index >= 15 is 0 Å². The standard InChI is InChI=1S/C16H16N4O3/c1-10-7-14(19-23-10)18-15(21)9-20(2)16(22)13-8-11-5-3-4-6-12(11)17-13/h3-8,17H,9H2,1-2H3,(H,18,19,21). The van der Waals surface area contributed by atoms with Crippen molar-refractivity contribution in [3.8, 4) is 0 Å². The van der Waals surface area contributed by atoms with Gasteiger partial charge < -0.3 is 19.7 Å². The van der Waals surface area contributed by atoms with Crippen LogP contribution in [-0.2, 0) is 4.79 Å². The average molecular weight is 312 g/mol. The SMILES string of the molecule is Cc1cc(NC(=O)CN(C)C(=O)c2cc3ccccc3[nH]2)no1. The van der Waals surface area contributed by atoms with Crippen molar-refractivity contribution >= 4 is 28.5 Å². The van der Waals surface area contributed by atoms with E-state index in [2.05, 4.69) is 15.5 Å². The summed E-state index contributed by atoms with van der Waals surface area (Å²) in [6.07, 6.45) is 0. The molecule has 2 amide bonds. The molecule has 0 saturated heterocycles. The zero-order valence-corrected chi connectivity index (χ0v) is 12.8. The second kappa shape index (κ2) is 5.96. The quantitative estimate of drug-likeness (QED) is 0.772. The van der Waals surface area contributed by atoms with E-state index < -0.39 is 0 Å². The molecule has 3 aromatic rings. The average Bonchev–Trinajstić information content (AvgIpc) is 3.12. The Labute approximate surface area is 132 Å². The molecule has 7 heteroatoms. The van der Waals surface area contributed by atoms with Crippen molar-refractivity contribution in [2.24, 2.45) is 0 Å². The fourth-order valence-corrected chi connectivity index (χ4v) is 2.29. The van der Waals surface area contributed by atoms with Crippen LogP contribution in [0.2, 0.25) is 0 Å². The van der Waals surface area contributed by atoms with Gasteiger partial charge in [-0.25, -0.2) is 0 Å². The van der Waals surface area contributed by atoms with Crippen molar-refractivity contribution in [2.45, 2.75) is 6.92 Å². The van der Waals surface area contributed by atoms with Gasteiger partial charge in [0.25, 0.3) is 5.91 Å². The van der Waals surface area contributed by atoms with Crippen LogP contribution in [0.5, 0.6) is 0 Å². The number of fused-ring (bicyclic) bond motifs is 1. The van der Waals surface area contributed by atoms with Gasteiger partial charge in [0.1, 0.15) is 11.5 Å². The van der Waals surface area contributed by atoms with Gasteiger partial charge in [-0.3, -0.25) is 9.59 Å². The number of carbonyl (C=O) groups excluding carboxylic acids is 2. The normalized spacial score (nSPS) is 10.7. The van der Waals surface area contributed by atoms with Gasteiger partial charge in [-0.2, -0.15) is 0 Å². The molecule has 0 aliphatic carbocycles. The number of nitrogens with zero attached hydrogens (tertiary/aromatic N) is 2. The number of hydrogen-bond acceptors (Lipinski definition) is 4. The largest absolute Gasteiger partial charge is 0.360 e. The minimum absolute atomic E-state index is 0.0832. The number of para-hydroxylation sites is 1. The van der Waals surface area contributed by atoms with Crippen LogP contribution in [0.15, 0.2) is 40.9 Å². The molecular weight excluding hydrogens is 296 g/mol. The first-order valence-corrected chi connectivity index (χ1v) is 7.09. The van der Waals surface area contributed by atoms with E-state index in [1.54, 1.807) is 26.1 Å². The maximum atomic E-state index is 12.4. The molecule has 0 aliphatic heterocycles. The summed E-state index contributed by atoms with van der Waals surface area (Å²) >= 11 is 0. The Kier molecular flexibility index (Phi) is 3.84. The van der Waals surface area contributed by atoms with Crippen LogP contribution in [-0.4, -0.2) is 40.4 Å². The highest BCUT2D eigenvalue weighted by molar-refractivity contribution is 6.00. The topological polar surface area (TPSA) is 91.2 Å². The van der Waals surface area contributed by atoms with Crippen LogP contribution >= 0.6 is 0 Å². The zero-order chi connectivity index (χ0) is 16.4. The van der Waals surface area contributed by atoms with Gasteiger partial charge in [-0.15, -0.1) is 0 Å². The molecule has 0 bridgehead atoms. The number of benzene rings is 1. The molecule has 0 fully saturated rings. The van der Waals surface area contributed by atoms with Crippen LogP contribution < -0.4 is 5.32 Å². The number of aryl methyl sites for hydroxylation is 1. The zero-order valence-electron chi connectivity index (χ0n) is 12.8. The van der Waals surface area contributed by atoms with Crippen molar-refractivity contribution in [3.05, 3.63) is 47.9 Å². The van der Waals surface area contributed by atoms with Crippen molar-refractivity contribution < 1.29 is 14.1 Å². The first-order chi connectivity index (χ1) is 11.0. The molecule has 0 atom stereocenters. The van der Waals surface area contributed by atoms with Crippen molar-refractivity contribution in [1.82, 2.24) is 15.0 Å². The lowest BCUT2D eigenvalue weighted by molar-refractivity contribution is -0.116. The van der Waals surface area contributed by atoms with Crippen LogP contribution in [0.1, 0.15) is 16.2 Å². The Morgan fingerprint density at radius 3 is 2.78 bits per heavy atom. The Morgan fingerprint density at radius 2 is 2.09 bits per heavy atom. The van der Waals surface area contributed by atoms with Gasteiger partial charge in [0, 0.05) is 24.0 Å². The Hall–Kier alpha value is -3.09. The Bertz CT molecular complexity index is 832. The van der Waals surface area contributed by atoms with E-state index in [0.29, 0.717) is 17.3 Å². The minimum atomic E-state index is -0.342. The molecule has 118 valence electrons. The van der Waals surface area contributed by atoms with Gasteiger partial charge in [0.05, 0.1) is 6.54 Å². The minimum Gasteiger partial charge on any atom is -0.360 e. The lowest BCUT2D eigenvalue weighted by Crippen LogP contribution is -2.35. The van der Waals surface area contributed by atoms with Gasteiger partial charge >= 0.3 is 0 Å². The number of carbonyl (C=O) groups is 2. The summed E-state index contributed by atoms with van der Waals surface area (Å²) in [6.45, 7) is 1.65. The maximum absolute atomic E-state index is 12.4. The molecule has 23 heavy (non-hydrogen) atoms.